The molecule has 0 aliphatic rings. The first kappa shape index (κ1) is 12.3. The molecule has 2 aromatic rings. The summed E-state index contributed by atoms with van der Waals surface area (Å²) in [5.41, 5.74) is 1.25. The molecule has 0 bridgehead atoms. The quantitative estimate of drug-likeness (QED) is 0.784. The molecule has 0 saturated heterocycles. The van der Waals surface area contributed by atoms with Crippen LogP contribution in [0.4, 0.5) is 11.5 Å². The largest absolute Gasteiger partial charge is 0.338 e. The number of hydrogen-bond donors (Lipinski definition) is 1. The van der Waals surface area contributed by atoms with Crippen LogP contribution >= 0.6 is 38.5 Å². The Hall–Kier alpha value is -1.20. The number of nitrogens with zero attached hydrogens (tertiary/aromatic N) is 3. The standard InChI is InChI=1S/C11H6BrIN4/c12-7-1-2-9(13)10(3-7)17-11-6-15-8(4-14)5-16-11/h1-3,5-6H,(H,16,17). The molecule has 6 heteroatoms. The van der Waals surface area contributed by atoms with Crippen molar-refractivity contribution < 1.29 is 0 Å². The van der Waals surface area contributed by atoms with Crippen molar-refractivity contribution in [2.75, 3.05) is 5.32 Å². The molecule has 0 unspecified atom stereocenters. The highest BCUT2D eigenvalue weighted by atomic mass is 127. The van der Waals surface area contributed by atoms with Gasteiger partial charge in [0, 0.05) is 8.04 Å². The van der Waals surface area contributed by atoms with Gasteiger partial charge in [-0.25, -0.2) is 9.97 Å². The van der Waals surface area contributed by atoms with E-state index in [4.69, 9.17) is 5.26 Å². The van der Waals surface area contributed by atoms with Gasteiger partial charge in [0.2, 0.25) is 0 Å². The van der Waals surface area contributed by atoms with Crippen molar-refractivity contribution in [3.63, 3.8) is 0 Å². The van der Waals surface area contributed by atoms with Gasteiger partial charge in [0.15, 0.2) is 5.69 Å². The second kappa shape index (κ2) is 5.42. The van der Waals surface area contributed by atoms with Crippen molar-refractivity contribution >= 4 is 50.0 Å². The van der Waals surface area contributed by atoms with E-state index in [9.17, 15) is 0 Å². The average molecular weight is 401 g/mol. The Balaban J connectivity index is 2.25. The molecule has 84 valence electrons. The van der Waals surface area contributed by atoms with Gasteiger partial charge in [0.1, 0.15) is 11.9 Å². The minimum Gasteiger partial charge on any atom is -0.338 e. The lowest BCUT2D eigenvalue weighted by Gasteiger charge is -2.07. The summed E-state index contributed by atoms with van der Waals surface area (Å²) in [6, 6.07) is 7.85. The van der Waals surface area contributed by atoms with Gasteiger partial charge in [0.25, 0.3) is 0 Å². The molecule has 0 saturated carbocycles. The lowest BCUT2D eigenvalue weighted by atomic mass is 10.3. The van der Waals surface area contributed by atoms with Gasteiger partial charge < -0.3 is 5.32 Å². The SMILES string of the molecule is N#Cc1cnc(Nc2cc(Br)ccc2I)cn1. The third kappa shape index (κ3) is 3.14. The number of rotatable bonds is 2. The summed E-state index contributed by atoms with van der Waals surface area (Å²) in [5, 5.41) is 11.8. The minimum atomic E-state index is 0.305. The van der Waals surface area contributed by atoms with E-state index in [1.54, 1.807) is 0 Å². The van der Waals surface area contributed by atoms with Crippen molar-refractivity contribution in [3.8, 4) is 6.07 Å². The fourth-order valence-corrected chi connectivity index (χ4v) is 2.01. The molecule has 1 heterocycles. The third-order valence-corrected chi connectivity index (χ3v) is 3.39. The molecule has 17 heavy (non-hydrogen) atoms. The number of hydrogen-bond acceptors (Lipinski definition) is 4. The van der Waals surface area contributed by atoms with Gasteiger partial charge in [-0.3, -0.25) is 0 Å². The van der Waals surface area contributed by atoms with Crippen LogP contribution in [0.1, 0.15) is 5.69 Å². The molecule has 1 N–H and O–H groups in total. The Morgan fingerprint density at radius 1 is 1.29 bits per heavy atom. The van der Waals surface area contributed by atoms with Crippen LogP contribution in [0.2, 0.25) is 0 Å². The molecule has 0 amide bonds. The van der Waals surface area contributed by atoms with Crippen molar-refractivity contribution in [1.82, 2.24) is 9.97 Å². The predicted molar refractivity (Wildman–Crippen MR) is 76.9 cm³/mol. The summed E-state index contributed by atoms with van der Waals surface area (Å²) < 4.78 is 2.07. The van der Waals surface area contributed by atoms with E-state index in [2.05, 4.69) is 53.8 Å². The molecular formula is C11H6BrIN4. The molecule has 0 fully saturated rings. The second-order valence-corrected chi connectivity index (χ2v) is 5.23. The summed E-state index contributed by atoms with van der Waals surface area (Å²) >= 11 is 5.64. The number of nitriles is 1. The molecule has 1 aromatic heterocycles. The molecule has 0 radical (unpaired) electrons. The summed E-state index contributed by atoms with van der Waals surface area (Å²) in [4.78, 5) is 8.05. The summed E-state index contributed by atoms with van der Waals surface area (Å²) in [7, 11) is 0. The zero-order chi connectivity index (χ0) is 12.3. The van der Waals surface area contributed by atoms with E-state index in [1.807, 2.05) is 24.3 Å². The highest BCUT2D eigenvalue weighted by molar-refractivity contribution is 14.1. The van der Waals surface area contributed by atoms with Crippen LogP contribution in [0.3, 0.4) is 0 Å². The van der Waals surface area contributed by atoms with Crippen LogP contribution in [0.15, 0.2) is 35.1 Å². The maximum atomic E-state index is 8.62. The Labute approximate surface area is 120 Å². The van der Waals surface area contributed by atoms with Gasteiger partial charge in [0.05, 0.1) is 18.1 Å². The maximum absolute atomic E-state index is 8.62. The van der Waals surface area contributed by atoms with Gasteiger partial charge in [-0.2, -0.15) is 5.26 Å². The van der Waals surface area contributed by atoms with E-state index in [-0.39, 0.29) is 0 Å². The van der Waals surface area contributed by atoms with Gasteiger partial charge in [-0.15, -0.1) is 0 Å². The van der Waals surface area contributed by atoms with Gasteiger partial charge in [-0.1, -0.05) is 15.9 Å². The Bertz CT molecular complexity index is 577. The molecule has 0 aliphatic carbocycles. The Morgan fingerprint density at radius 3 is 2.76 bits per heavy atom. The summed E-state index contributed by atoms with van der Waals surface area (Å²) in [6.45, 7) is 0. The zero-order valence-electron chi connectivity index (χ0n) is 8.48. The fourth-order valence-electron chi connectivity index (χ4n) is 1.18. The van der Waals surface area contributed by atoms with Crippen LogP contribution in [0, 0.1) is 14.9 Å². The maximum Gasteiger partial charge on any atom is 0.158 e. The van der Waals surface area contributed by atoms with Crippen LogP contribution in [0.25, 0.3) is 0 Å². The van der Waals surface area contributed by atoms with Gasteiger partial charge >= 0.3 is 0 Å². The van der Waals surface area contributed by atoms with E-state index >= 15 is 0 Å². The molecule has 4 nitrogen and oxygen atoms in total. The average Bonchev–Trinajstić information content (AvgIpc) is 2.35. The molecular weight excluding hydrogens is 395 g/mol. The minimum absolute atomic E-state index is 0.305. The zero-order valence-corrected chi connectivity index (χ0v) is 12.2. The van der Waals surface area contributed by atoms with Gasteiger partial charge in [-0.05, 0) is 40.8 Å². The first-order valence-electron chi connectivity index (χ1n) is 4.63. The molecule has 1 aromatic carbocycles. The van der Waals surface area contributed by atoms with E-state index in [1.165, 1.54) is 12.4 Å². The Kier molecular flexibility index (Phi) is 3.91. The number of benzene rings is 1. The van der Waals surface area contributed by atoms with Crippen molar-refractivity contribution in [1.29, 1.82) is 5.26 Å². The molecule has 2 rings (SSSR count). The normalized spacial score (nSPS) is 9.71. The monoisotopic (exact) mass is 400 g/mol. The smallest absolute Gasteiger partial charge is 0.158 e. The predicted octanol–water partition coefficient (Wildman–Crippen LogP) is 3.46. The van der Waals surface area contributed by atoms with Crippen molar-refractivity contribution in [2.45, 2.75) is 0 Å². The topological polar surface area (TPSA) is 61.6 Å². The highest BCUT2D eigenvalue weighted by Gasteiger charge is 2.02. The van der Waals surface area contributed by atoms with E-state index in [0.717, 1.165) is 13.7 Å². The van der Waals surface area contributed by atoms with Crippen LogP contribution in [-0.4, -0.2) is 9.97 Å². The summed E-state index contributed by atoms with van der Waals surface area (Å²) in [6.07, 6.45) is 2.97. The lowest BCUT2D eigenvalue weighted by molar-refractivity contribution is 1.16. The Morgan fingerprint density at radius 2 is 2.12 bits per heavy atom. The number of anilines is 2. The van der Waals surface area contributed by atoms with Crippen LogP contribution in [0.5, 0.6) is 0 Å². The molecule has 0 atom stereocenters. The van der Waals surface area contributed by atoms with Crippen LogP contribution < -0.4 is 5.32 Å². The van der Waals surface area contributed by atoms with Crippen molar-refractivity contribution in [3.05, 3.63) is 44.3 Å². The molecule has 0 aliphatic heterocycles. The van der Waals surface area contributed by atoms with E-state index < -0.39 is 0 Å². The fraction of sp³-hybridized carbons (Fsp3) is 0. The lowest BCUT2D eigenvalue weighted by Crippen LogP contribution is -1.97. The first-order valence-corrected chi connectivity index (χ1v) is 6.50. The second-order valence-electron chi connectivity index (χ2n) is 3.15. The third-order valence-electron chi connectivity index (χ3n) is 1.96. The highest BCUT2D eigenvalue weighted by Crippen LogP contribution is 2.25. The number of aromatic nitrogens is 2. The first-order chi connectivity index (χ1) is 8.19. The number of halogens is 2. The van der Waals surface area contributed by atoms with Crippen molar-refractivity contribution in [2.24, 2.45) is 0 Å². The van der Waals surface area contributed by atoms with Crippen LogP contribution in [-0.2, 0) is 0 Å². The summed E-state index contributed by atoms with van der Waals surface area (Å²) in [5.74, 6) is 0.611. The van der Waals surface area contributed by atoms with E-state index in [0.29, 0.717) is 11.5 Å². The molecule has 0 spiro atoms. The number of nitrogens with one attached hydrogen (secondary N) is 1.